The second-order valence-electron chi connectivity index (χ2n) is 9.92. The molecule has 202 valence electrons. The summed E-state index contributed by atoms with van der Waals surface area (Å²) in [7, 11) is -3.40. The summed E-state index contributed by atoms with van der Waals surface area (Å²) in [6, 6.07) is 19.2. The van der Waals surface area contributed by atoms with E-state index in [1.54, 1.807) is 12.3 Å². The van der Waals surface area contributed by atoms with Crippen LogP contribution in [0.5, 0.6) is 0 Å². The third kappa shape index (κ3) is 5.14. The van der Waals surface area contributed by atoms with Gasteiger partial charge in [-0.05, 0) is 105 Å². The van der Waals surface area contributed by atoms with Gasteiger partial charge in [-0.1, -0.05) is 23.7 Å². The summed E-state index contributed by atoms with van der Waals surface area (Å²) in [5, 5.41) is 4.80. The van der Waals surface area contributed by atoms with Crippen molar-refractivity contribution in [3.63, 3.8) is 0 Å². The summed E-state index contributed by atoms with van der Waals surface area (Å²) in [4.78, 5) is 6.76. The smallest absolute Gasteiger partial charge is 0.229 e. The molecular weight excluding hydrogens is 550 g/mol. The Balaban J connectivity index is 1.67. The molecule has 2 aromatic carbocycles. The number of pyridine rings is 1. The number of aryl methyl sites for hydroxylation is 2. The van der Waals surface area contributed by atoms with E-state index >= 15 is 0 Å². The second-order valence-corrected chi connectivity index (χ2v) is 12.5. The predicted octanol–water partition coefficient (Wildman–Crippen LogP) is 6.31. The molecule has 2 atom stereocenters. The van der Waals surface area contributed by atoms with Gasteiger partial charge in [-0.2, -0.15) is 0 Å². The lowest BCUT2D eigenvalue weighted by Crippen LogP contribution is -2.29. The molecule has 39 heavy (non-hydrogen) atoms. The molecule has 0 aliphatic carbocycles. The van der Waals surface area contributed by atoms with Crippen LogP contribution in [-0.2, 0) is 10.0 Å². The van der Waals surface area contributed by atoms with E-state index < -0.39 is 10.0 Å². The van der Waals surface area contributed by atoms with E-state index in [0.717, 1.165) is 56.4 Å². The summed E-state index contributed by atoms with van der Waals surface area (Å²) in [5.74, 6) is 0. The molecule has 0 saturated carbocycles. The predicted molar refractivity (Wildman–Crippen MR) is 163 cm³/mol. The lowest BCUT2D eigenvalue weighted by Gasteiger charge is -2.29. The average molecular weight is 580 g/mol. The van der Waals surface area contributed by atoms with Gasteiger partial charge in [-0.15, -0.1) is 0 Å². The Hall–Kier alpha value is -3.40. The molecule has 5 rings (SSSR count). The third-order valence-electron chi connectivity index (χ3n) is 7.15. The Morgan fingerprint density at radius 2 is 1.79 bits per heavy atom. The summed E-state index contributed by atoms with van der Waals surface area (Å²) < 4.78 is 28.5. The van der Waals surface area contributed by atoms with Crippen LogP contribution in [0, 0.1) is 27.7 Å². The van der Waals surface area contributed by atoms with Gasteiger partial charge in [0.25, 0.3) is 0 Å². The van der Waals surface area contributed by atoms with Gasteiger partial charge in [0.2, 0.25) is 10.0 Å². The molecule has 4 aromatic rings. The summed E-state index contributed by atoms with van der Waals surface area (Å²) in [5.41, 5.74) is 8.36. The molecule has 1 aliphatic heterocycles. The topological polar surface area (TPSA) is 79.3 Å². The fourth-order valence-corrected chi connectivity index (χ4v) is 6.50. The second kappa shape index (κ2) is 10.3. The number of anilines is 2. The Morgan fingerprint density at radius 3 is 2.46 bits per heavy atom. The zero-order valence-corrected chi connectivity index (χ0v) is 24.7. The minimum absolute atomic E-state index is 0.206. The van der Waals surface area contributed by atoms with Crippen LogP contribution in [0.15, 0.2) is 66.9 Å². The molecule has 2 N–H and O–H groups in total. The van der Waals surface area contributed by atoms with Crippen molar-refractivity contribution in [1.82, 2.24) is 14.9 Å². The molecule has 0 amide bonds. The molecule has 0 radical (unpaired) electrons. The highest BCUT2D eigenvalue weighted by molar-refractivity contribution is 7.92. The van der Waals surface area contributed by atoms with Crippen molar-refractivity contribution in [1.29, 1.82) is 0 Å². The highest BCUT2D eigenvalue weighted by Gasteiger charge is 2.42. The fraction of sp³-hybridized carbons (Fsp3) is 0.241. The lowest BCUT2D eigenvalue weighted by atomic mass is 9.96. The number of halogens is 1. The van der Waals surface area contributed by atoms with Gasteiger partial charge in [0.1, 0.15) is 0 Å². The number of benzene rings is 2. The highest BCUT2D eigenvalue weighted by atomic mass is 35.5. The van der Waals surface area contributed by atoms with Gasteiger partial charge in [0.15, 0.2) is 5.11 Å². The largest absolute Gasteiger partial charge is 0.351 e. The maximum atomic E-state index is 11.8. The monoisotopic (exact) mass is 579 g/mol. The van der Waals surface area contributed by atoms with Crippen LogP contribution < -0.4 is 14.9 Å². The van der Waals surface area contributed by atoms with Gasteiger partial charge in [-0.3, -0.25) is 9.71 Å². The number of hydrogen-bond acceptors (Lipinski definition) is 4. The van der Waals surface area contributed by atoms with Crippen molar-refractivity contribution in [2.45, 2.75) is 39.8 Å². The molecule has 0 spiro atoms. The van der Waals surface area contributed by atoms with Crippen molar-refractivity contribution in [3.8, 4) is 5.69 Å². The minimum Gasteiger partial charge on any atom is -0.351 e. The molecule has 1 aliphatic rings. The summed E-state index contributed by atoms with van der Waals surface area (Å²) in [6.45, 7) is 8.11. The first-order valence-corrected chi connectivity index (χ1v) is 15.2. The maximum absolute atomic E-state index is 11.8. The van der Waals surface area contributed by atoms with Crippen molar-refractivity contribution < 1.29 is 8.42 Å². The number of thiocarbonyl (C=S) groups is 1. The van der Waals surface area contributed by atoms with E-state index in [1.165, 1.54) is 0 Å². The summed E-state index contributed by atoms with van der Waals surface area (Å²) in [6.07, 6.45) is 2.93. The van der Waals surface area contributed by atoms with Crippen molar-refractivity contribution in [3.05, 3.63) is 106 Å². The lowest BCUT2D eigenvalue weighted by molar-refractivity contribution is 0.565. The third-order valence-corrected chi connectivity index (χ3v) is 8.47. The molecule has 3 heterocycles. The van der Waals surface area contributed by atoms with E-state index in [4.69, 9.17) is 23.8 Å². The first-order valence-electron chi connectivity index (χ1n) is 12.5. The summed E-state index contributed by atoms with van der Waals surface area (Å²) >= 11 is 12.4. The van der Waals surface area contributed by atoms with Crippen LogP contribution in [0.3, 0.4) is 0 Å². The fourth-order valence-electron chi connectivity index (χ4n) is 5.36. The Labute approximate surface area is 239 Å². The first-order chi connectivity index (χ1) is 18.5. The van der Waals surface area contributed by atoms with Crippen LogP contribution in [0.25, 0.3) is 5.69 Å². The van der Waals surface area contributed by atoms with E-state index in [9.17, 15) is 8.42 Å². The Kier molecular flexibility index (Phi) is 7.17. The molecule has 0 unspecified atom stereocenters. The number of nitrogens with zero attached hydrogens (tertiary/aromatic N) is 3. The molecule has 1 saturated heterocycles. The quantitative estimate of drug-likeness (QED) is 0.261. The minimum atomic E-state index is -3.40. The highest BCUT2D eigenvalue weighted by Crippen LogP contribution is 2.44. The zero-order chi connectivity index (χ0) is 28.1. The van der Waals surface area contributed by atoms with E-state index in [0.29, 0.717) is 10.8 Å². The Morgan fingerprint density at radius 1 is 1.03 bits per heavy atom. The van der Waals surface area contributed by atoms with Crippen LogP contribution in [-0.4, -0.2) is 29.3 Å². The van der Waals surface area contributed by atoms with Gasteiger partial charge in [-0.25, -0.2) is 8.42 Å². The van der Waals surface area contributed by atoms with Crippen LogP contribution in [0.4, 0.5) is 11.4 Å². The van der Waals surface area contributed by atoms with Crippen LogP contribution in [0.1, 0.15) is 45.9 Å². The Bertz CT molecular complexity index is 1690. The molecule has 2 aromatic heterocycles. The number of rotatable bonds is 6. The molecule has 7 nitrogen and oxygen atoms in total. The molecule has 1 fully saturated rings. The zero-order valence-electron chi connectivity index (χ0n) is 22.4. The number of aromatic nitrogens is 2. The van der Waals surface area contributed by atoms with Gasteiger partial charge in [0, 0.05) is 34.0 Å². The number of hydrogen-bond donors (Lipinski definition) is 2. The van der Waals surface area contributed by atoms with Gasteiger partial charge in [0.05, 0.1) is 29.7 Å². The van der Waals surface area contributed by atoms with Gasteiger partial charge < -0.3 is 14.8 Å². The molecular formula is C29H30ClN5O2S2. The van der Waals surface area contributed by atoms with Crippen LogP contribution in [0.2, 0.25) is 5.02 Å². The van der Waals surface area contributed by atoms with Crippen molar-refractivity contribution in [2.24, 2.45) is 0 Å². The van der Waals surface area contributed by atoms with E-state index in [2.05, 4.69) is 50.5 Å². The normalized spacial score (nSPS) is 17.4. The van der Waals surface area contributed by atoms with Crippen molar-refractivity contribution >= 4 is 50.3 Å². The average Bonchev–Trinajstić information content (AvgIpc) is 3.37. The van der Waals surface area contributed by atoms with Gasteiger partial charge >= 0.3 is 0 Å². The SMILES string of the molecule is Cc1cc(N2C(=S)N[C@@H](c3ccccn3)[C@H]2c2cc(C)n(-c3cccc(Cl)c3C)c2C)ccc1NS(C)(=O)=O. The number of sulfonamides is 1. The first kappa shape index (κ1) is 27.2. The van der Waals surface area contributed by atoms with E-state index in [-0.39, 0.29) is 12.1 Å². The van der Waals surface area contributed by atoms with Crippen LogP contribution >= 0.6 is 23.8 Å². The van der Waals surface area contributed by atoms with Crippen molar-refractivity contribution in [2.75, 3.05) is 15.9 Å². The standard InChI is InChI=1S/C29H30ClN5O2S2/c1-17-15-21(12-13-24(17)33-39(5,36)37)35-28(27(32-29(35)38)25-10-6-7-14-31-25)22-16-18(2)34(20(22)4)26-11-8-9-23(30)19(26)3/h6-16,27-28,33H,1-5H3,(H,32,38)/t27-,28+/m0/s1. The van der Waals surface area contributed by atoms with E-state index in [1.807, 2.05) is 56.3 Å². The molecule has 0 bridgehead atoms. The number of nitrogens with one attached hydrogen (secondary N) is 2. The maximum Gasteiger partial charge on any atom is 0.229 e. The molecule has 10 heteroatoms.